The van der Waals surface area contributed by atoms with Crippen molar-refractivity contribution in [1.29, 1.82) is 0 Å². The lowest BCUT2D eigenvalue weighted by molar-refractivity contribution is -0.157. The minimum absolute atomic E-state index is 0.0427. The molecule has 1 aliphatic heterocycles. The van der Waals surface area contributed by atoms with Gasteiger partial charge in [-0.05, 0) is 39.0 Å². The van der Waals surface area contributed by atoms with Crippen molar-refractivity contribution < 1.29 is 19.1 Å². The highest BCUT2D eigenvalue weighted by Gasteiger charge is 2.45. The number of rotatable bonds is 7. The molecule has 2 N–H and O–H groups in total. The van der Waals surface area contributed by atoms with Gasteiger partial charge in [0.1, 0.15) is 5.60 Å². The Morgan fingerprint density at radius 2 is 1.85 bits per heavy atom. The van der Waals surface area contributed by atoms with Gasteiger partial charge in [-0.1, -0.05) is 37.3 Å². The fourth-order valence-electron chi connectivity index (χ4n) is 4.82. The van der Waals surface area contributed by atoms with Gasteiger partial charge < -0.3 is 19.7 Å². The monoisotopic (exact) mass is 536 g/mol. The molecule has 2 amide bonds. The molecular weight excluding hydrogens is 500 g/mol. The highest BCUT2D eigenvalue weighted by molar-refractivity contribution is 5.85. The molecule has 11 heteroatoms. The van der Waals surface area contributed by atoms with Crippen molar-refractivity contribution in [2.45, 2.75) is 64.8 Å². The second kappa shape index (κ2) is 10.4. The van der Waals surface area contributed by atoms with E-state index in [0.29, 0.717) is 55.8 Å². The van der Waals surface area contributed by atoms with E-state index in [9.17, 15) is 14.4 Å². The largest absolute Gasteiger partial charge is 0.444 e. The number of H-pyrrole nitrogens is 1. The van der Waals surface area contributed by atoms with E-state index in [1.54, 1.807) is 4.90 Å². The molecule has 208 valence electrons. The molecule has 2 unspecified atom stereocenters. The number of aromatic nitrogens is 4. The fourth-order valence-corrected chi connectivity index (χ4v) is 4.82. The van der Waals surface area contributed by atoms with Gasteiger partial charge in [-0.15, -0.1) is 0 Å². The number of likely N-dealkylation sites (tertiary alicyclic amines) is 1. The molecule has 1 aliphatic carbocycles. The van der Waals surface area contributed by atoms with E-state index in [-0.39, 0.29) is 23.9 Å². The van der Waals surface area contributed by atoms with Gasteiger partial charge in [0, 0.05) is 44.1 Å². The van der Waals surface area contributed by atoms with Crippen molar-refractivity contribution in [3.05, 3.63) is 52.4 Å². The SMILES string of the molecule is CC1CC1CNC(=O)C1(OCc2cc(=O)n3[nH]c(-c4ccccc4)nc3n2)CCN(C(=O)OC(C)(C)C)CC1. The summed E-state index contributed by atoms with van der Waals surface area (Å²) in [5, 5.41) is 6.05. The van der Waals surface area contributed by atoms with E-state index >= 15 is 0 Å². The summed E-state index contributed by atoms with van der Waals surface area (Å²) in [4.78, 5) is 49.5. The summed E-state index contributed by atoms with van der Waals surface area (Å²) in [6.07, 6.45) is 1.31. The van der Waals surface area contributed by atoms with Gasteiger partial charge in [-0.2, -0.15) is 9.50 Å². The summed E-state index contributed by atoms with van der Waals surface area (Å²) in [6.45, 7) is 8.82. The molecule has 2 fully saturated rings. The molecule has 2 aromatic heterocycles. The number of nitrogens with zero attached hydrogens (tertiary/aromatic N) is 4. The van der Waals surface area contributed by atoms with Crippen molar-refractivity contribution >= 4 is 17.8 Å². The zero-order valence-corrected chi connectivity index (χ0v) is 22.9. The number of benzene rings is 1. The van der Waals surface area contributed by atoms with Crippen molar-refractivity contribution in [2.24, 2.45) is 11.8 Å². The van der Waals surface area contributed by atoms with Gasteiger partial charge in [-0.25, -0.2) is 9.78 Å². The van der Waals surface area contributed by atoms with E-state index < -0.39 is 17.3 Å². The number of fused-ring (bicyclic) bond motifs is 1. The lowest BCUT2D eigenvalue weighted by Crippen LogP contribution is -2.56. The maximum atomic E-state index is 13.5. The van der Waals surface area contributed by atoms with Crippen LogP contribution in [0, 0.1) is 11.8 Å². The smallest absolute Gasteiger partial charge is 0.410 e. The average Bonchev–Trinajstić information content (AvgIpc) is 3.43. The van der Waals surface area contributed by atoms with Gasteiger partial charge in [0.25, 0.3) is 17.2 Å². The summed E-state index contributed by atoms with van der Waals surface area (Å²) in [7, 11) is 0. The van der Waals surface area contributed by atoms with Crippen molar-refractivity contribution in [3.8, 4) is 11.4 Å². The van der Waals surface area contributed by atoms with Crippen LogP contribution in [-0.2, 0) is 20.9 Å². The number of piperidine rings is 1. The average molecular weight is 537 g/mol. The van der Waals surface area contributed by atoms with E-state index in [1.165, 1.54) is 10.6 Å². The predicted octanol–water partition coefficient (Wildman–Crippen LogP) is 3.14. The second-order valence-corrected chi connectivity index (χ2v) is 11.6. The molecule has 5 rings (SSSR count). The molecule has 0 bridgehead atoms. The van der Waals surface area contributed by atoms with Crippen molar-refractivity contribution in [3.63, 3.8) is 0 Å². The highest BCUT2D eigenvalue weighted by atomic mass is 16.6. The minimum Gasteiger partial charge on any atom is -0.444 e. The highest BCUT2D eigenvalue weighted by Crippen LogP contribution is 2.37. The van der Waals surface area contributed by atoms with E-state index in [4.69, 9.17) is 9.47 Å². The van der Waals surface area contributed by atoms with Crippen LogP contribution in [0.1, 0.15) is 52.7 Å². The molecule has 1 saturated carbocycles. The third-order valence-electron chi connectivity index (χ3n) is 7.36. The topological polar surface area (TPSA) is 131 Å². The number of amides is 2. The zero-order valence-electron chi connectivity index (χ0n) is 22.9. The lowest BCUT2D eigenvalue weighted by Gasteiger charge is -2.40. The maximum absolute atomic E-state index is 13.5. The Morgan fingerprint density at radius 3 is 2.49 bits per heavy atom. The standard InChI is InChI=1S/C28H36N6O5/c1-18-14-20(18)16-29-24(36)28(10-12-33(13-11-28)26(37)39-27(2,3)4)38-17-21-15-22(35)34-25(30-21)31-23(32-34)19-8-6-5-7-9-19/h5-9,15,18,20H,10-14,16-17H2,1-4H3,(H,29,36)(H,30,31,32). The zero-order chi connectivity index (χ0) is 27.8. The number of hydrogen-bond acceptors (Lipinski definition) is 7. The summed E-state index contributed by atoms with van der Waals surface area (Å²) in [6, 6.07) is 10.8. The molecule has 2 atom stereocenters. The molecule has 2 aliphatic rings. The predicted molar refractivity (Wildman–Crippen MR) is 144 cm³/mol. The normalized spacial score (nSPS) is 20.6. The minimum atomic E-state index is -1.15. The molecular formula is C28H36N6O5. The van der Waals surface area contributed by atoms with Crippen molar-refractivity contribution in [1.82, 2.24) is 29.8 Å². The third-order valence-corrected chi connectivity index (χ3v) is 7.36. The number of carbonyl (C=O) groups excluding carboxylic acids is 2. The Bertz CT molecular complexity index is 1400. The first-order valence-electron chi connectivity index (χ1n) is 13.5. The van der Waals surface area contributed by atoms with Crippen LogP contribution in [0.4, 0.5) is 4.79 Å². The number of ether oxygens (including phenoxy) is 2. The van der Waals surface area contributed by atoms with Gasteiger partial charge in [0.2, 0.25) is 0 Å². The number of aromatic amines is 1. The maximum Gasteiger partial charge on any atom is 0.410 e. The fraction of sp³-hybridized carbons (Fsp3) is 0.536. The number of carbonyl (C=O) groups is 2. The number of nitrogens with one attached hydrogen (secondary N) is 2. The first-order valence-corrected chi connectivity index (χ1v) is 13.5. The van der Waals surface area contributed by atoms with E-state index in [1.807, 2.05) is 51.1 Å². The molecule has 39 heavy (non-hydrogen) atoms. The van der Waals surface area contributed by atoms with Crippen LogP contribution in [0.5, 0.6) is 0 Å². The quantitative estimate of drug-likeness (QED) is 0.474. The Hall–Kier alpha value is -3.73. The molecule has 1 aromatic carbocycles. The van der Waals surface area contributed by atoms with Gasteiger partial charge >= 0.3 is 6.09 Å². The van der Waals surface area contributed by atoms with Crippen LogP contribution >= 0.6 is 0 Å². The van der Waals surface area contributed by atoms with Crippen LogP contribution < -0.4 is 10.9 Å². The molecule has 3 heterocycles. The number of hydrogen-bond donors (Lipinski definition) is 2. The summed E-state index contributed by atoms with van der Waals surface area (Å²) in [5.41, 5.74) is -0.870. The molecule has 11 nitrogen and oxygen atoms in total. The Kier molecular flexibility index (Phi) is 7.19. The van der Waals surface area contributed by atoms with E-state index in [0.717, 1.165) is 12.0 Å². The summed E-state index contributed by atoms with van der Waals surface area (Å²) < 4.78 is 13.1. The first kappa shape index (κ1) is 26.9. The van der Waals surface area contributed by atoms with Gasteiger partial charge in [-0.3, -0.25) is 14.7 Å². The van der Waals surface area contributed by atoms with Crippen LogP contribution in [0.25, 0.3) is 17.2 Å². The van der Waals surface area contributed by atoms with E-state index in [2.05, 4.69) is 27.3 Å². The summed E-state index contributed by atoms with van der Waals surface area (Å²) >= 11 is 0. The Morgan fingerprint density at radius 1 is 1.15 bits per heavy atom. The van der Waals surface area contributed by atoms with Crippen LogP contribution in [0.2, 0.25) is 0 Å². The third kappa shape index (κ3) is 6.13. The molecule has 3 aromatic rings. The first-order chi connectivity index (χ1) is 18.5. The Labute approximate surface area is 226 Å². The molecule has 1 saturated heterocycles. The Balaban J connectivity index is 1.32. The van der Waals surface area contributed by atoms with Crippen LogP contribution in [0.3, 0.4) is 0 Å². The van der Waals surface area contributed by atoms with Gasteiger partial charge in [0.15, 0.2) is 11.4 Å². The van der Waals surface area contributed by atoms with Crippen molar-refractivity contribution in [2.75, 3.05) is 19.6 Å². The summed E-state index contributed by atoms with van der Waals surface area (Å²) in [5.74, 6) is 1.64. The second-order valence-electron chi connectivity index (χ2n) is 11.6. The molecule has 0 spiro atoms. The van der Waals surface area contributed by atoms with Crippen LogP contribution in [0.15, 0.2) is 41.2 Å². The lowest BCUT2D eigenvalue weighted by atomic mass is 9.90. The van der Waals surface area contributed by atoms with Crippen LogP contribution in [-0.4, -0.2) is 67.3 Å². The van der Waals surface area contributed by atoms with Gasteiger partial charge in [0.05, 0.1) is 12.3 Å². The molecule has 0 radical (unpaired) electrons.